The number of aryl methyl sites for hydroxylation is 3. The number of thiophene rings is 1. The van der Waals surface area contributed by atoms with E-state index in [0.29, 0.717) is 16.9 Å². The normalized spacial score (nSPS) is 18.4. The van der Waals surface area contributed by atoms with E-state index in [1.54, 1.807) is 6.07 Å². The van der Waals surface area contributed by atoms with Crippen LogP contribution in [0.15, 0.2) is 12.1 Å². The third-order valence-electron chi connectivity index (χ3n) is 5.30. The fourth-order valence-electron chi connectivity index (χ4n) is 3.85. The number of ketones is 1. The number of hydrogen-bond donors (Lipinski definition) is 0. The average molecular weight is 424 g/mol. The molecule has 1 unspecified atom stereocenters. The smallest absolute Gasteiger partial charge is 0.348 e. The second-order valence-corrected chi connectivity index (χ2v) is 10.7. The Labute approximate surface area is 169 Å². The molecule has 0 spiro atoms. The van der Waals surface area contributed by atoms with E-state index < -0.39 is 15.8 Å². The minimum Gasteiger partial charge on any atom is -0.453 e. The van der Waals surface area contributed by atoms with Crippen LogP contribution in [-0.2, 0) is 21.0 Å². The zero-order valence-electron chi connectivity index (χ0n) is 16.6. The molecule has 1 atom stereocenters. The highest BCUT2D eigenvalue weighted by molar-refractivity contribution is 7.91. The van der Waals surface area contributed by atoms with Crippen molar-refractivity contribution in [2.24, 2.45) is 0 Å². The number of nitrogens with zero attached hydrogens (tertiary/aromatic N) is 1. The summed E-state index contributed by atoms with van der Waals surface area (Å²) >= 11 is 1.37. The van der Waals surface area contributed by atoms with Gasteiger partial charge in [-0.05, 0) is 51.3 Å². The number of rotatable bonds is 6. The van der Waals surface area contributed by atoms with Gasteiger partial charge in [0.05, 0.1) is 11.5 Å². The molecule has 1 aliphatic rings. The van der Waals surface area contributed by atoms with Gasteiger partial charge in [0, 0.05) is 27.9 Å². The molecule has 2 aromatic heterocycles. The maximum Gasteiger partial charge on any atom is 0.348 e. The Morgan fingerprint density at radius 1 is 1.25 bits per heavy atom. The molecular formula is C20H25NO5S2. The second kappa shape index (κ2) is 7.83. The van der Waals surface area contributed by atoms with Crippen LogP contribution in [0, 0.1) is 20.8 Å². The summed E-state index contributed by atoms with van der Waals surface area (Å²) in [5.41, 5.74) is 3.15. The number of carbonyl (C=O) groups excluding carboxylic acids is 2. The summed E-state index contributed by atoms with van der Waals surface area (Å²) < 4.78 is 30.8. The molecule has 1 fully saturated rings. The van der Waals surface area contributed by atoms with Crippen LogP contribution in [-0.4, -0.2) is 42.9 Å². The van der Waals surface area contributed by atoms with Gasteiger partial charge in [-0.3, -0.25) is 4.79 Å². The first-order valence-electron chi connectivity index (χ1n) is 9.31. The van der Waals surface area contributed by atoms with Crippen molar-refractivity contribution in [2.45, 2.75) is 46.6 Å². The van der Waals surface area contributed by atoms with E-state index in [-0.39, 0.29) is 29.9 Å². The van der Waals surface area contributed by atoms with Gasteiger partial charge in [0.15, 0.2) is 16.4 Å². The number of aromatic nitrogens is 1. The van der Waals surface area contributed by atoms with Gasteiger partial charge in [0.2, 0.25) is 5.78 Å². The zero-order chi connectivity index (χ0) is 20.6. The van der Waals surface area contributed by atoms with Crippen molar-refractivity contribution in [2.75, 3.05) is 18.1 Å². The van der Waals surface area contributed by atoms with Crippen LogP contribution in [0.4, 0.5) is 0 Å². The minimum absolute atomic E-state index is 0.101. The lowest BCUT2D eigenvalue weighted by molar-refractivity contribution is 0.0479. The maximum atomic E-state index is 12.6. The van der Waals surface area contributed by atoms with Crippen LogP contribution in [0.25, 0.3) is 0 Å². The molecule has 152 valence electrons. The number of esters is 1. The van der Waals surface area contributed by atoms with Gasteiger partial charge < -0.3 is 9.30 Å². The molecule has 0 aliphatic carbocycles. The number of Topliss-reactive ketones (excluding diaryl/α,β-unsaturated/α-hetero) is 1. The number of ether oxygens (including phenoxy) is 1. The highest BCUT2D eigenvalue weighted by Crippen LogP contribution is 2.29. The molecule has 0 N–H and O–H groups in total. The van der Waals surface area contributed by atoms with Crippen molar-refractivity contribution in [1.29, 1.82) is 0 Å². The Hall–Kier alpha value is -1.93. The molecule has 0 amide bonds. The molecule has 6 nitrogen and oxygen atoms in total. The summed E-state index contributed by atoms with van der Waals surface area (Å²) in [6, 6.07) is 3.43. The monoisotopic (exact) mass is 423 g/mol. The molecule has 3 heterocycles. The quantitative estimate of drug-likeness (QED) is 0.525. The molecule has 3 rings (SSSR count). The number of sulfone groups is 1. The Bertz CT molecular complexity index is 1030. The first-order chi connectivity index (χ1) is 13.1. The van der Waals surface area contributed by atoms with Gasteiger partial charge in [-0.1, -0.05) is 6.92 Å². The number of hydrogen-bond acceptors (Lipinski definition) is 6. The van der Waals surface area contributed by atoms with Crippen molar-refractivity contribution in [3.05, 3.63) is 44.4 Å². The lowest BCUT2D eigenvalue weighted by Crippen LogP contribution is -2.16. The lowest BCUT2D eigenvalue weighted by Gasteiger charge is -2.16. The predicted octanol–water partition coefficient (Wildman–Crippen LogP) is 3.44. The minimum atomic E-state index is -3.02. The fourth-order valence-corrected chi connectivity index (χ4v) is 6.56. The Morgan fingerprint density at radius 2 is 1.96 bits per heavy atom. The highest BCUT2D eigenvalue weighted by atomic mass is 32.2. The van der Waals surface area contributed by atoms with E-state index in [4.69, 9.17) is 4.74 Å². The molecular weight excluding hydrogens is 398 g/mol. The van der Waals surface area contributed by atoms with Crippen LogP contribution in [0.2, 0.25) is 0 Å². The lowest BCUT2D eigenvalue weighted by atomic mass is 10.1. The molecule has 8 heteroatoms. The van der Waals surface area contributed by atoms with Gasteiger partial charge >= 0.3 is 5.97 Å². The van der Waals surface area contributed by atoms with Crippen molar-refractivity contribution in [3.63, 3.8) is 0 Å². The maximum absolute atomic E-state index is 12.6. The first kappa shape index (κ1) is 20.8. The van der Waals surface area contributed by atoms with Crippen LogP contribution < -0.4 is 0 Å². The third kappa shape index (κ3) is 4.07. The van der Waals surface area contributed by atoms with Crippen LogP contribution in [0.5, 0.6) is 0 Å². The Morgan fingerprint density at radius 3 is 2.54 bits per heavy atom. The Kier molecular flexibility index (Phi) is 5.82. The summed E-state index contributed by atoms with van der Waals surface area (Å²) in [6.45, 7) is 7.33. The molecule has 28 heavy (non-hydrogen) atoms. The van der Waals surface area contributed by atoms with Crippen LogP contribution in [0.3, 0.4) is 0 Å². The van der Waals surface area contributed by atoms with E-state index in [2.05, 4.69) is 0 Å². The van der Waals surface area contributed by atoms with Gasteiger partial charge in [-0.2, -0.15) is 0 Å². The topological polar surface area (TPSA) is 82.4 Å². The van der Waals surface area contributed by atoms with Gasteiger partial charge in [-0.15, -0.1) is 11.3 Å². The largest absolute Gasteiger partial charge is 0.453 e. The molecule has 0 bridgehead atoms. The van der Waals surface area contributed by atoms with Gasteiger partial charge in [-0.25, -0.2) is 13.2 Å². The second-order valence-electron chi connectivity index (χ2n) is 7.26. The summed E-state index contributed by atoms with van der Waals surface area (Å²) in [7, 11) is -3.02. The summed E-state index contributed by atoms with van der Waals surface area (Å²) in [4.78, 5) is 26.5. The Balaban J connectivity index is 1.71. The van der Waals surface area contributed by atoms with Gasteiger partial charge in [0.25, 0.3) is 0 Å². The third-order valence-corrected chi connectivity index (χ3v) is 8.12. The SMILES string of the molecule is CCc1cc(C(=O)OCC(=O)c2cc(C)n(C3CCS(=O)(=O)C3)c2C)sc1C. The zero-order valence-corrected chi connectivity index (χ0v) is 18.2. The summed E-state index contributed by atoms with van der Waals surface area (Å²) in [6.07, 6.45) is 1.40. The summed E-state index contributed by atoms with van der Waals surface area (Å²) in [5.74, 6) is -0.492. The van der Waals surface area contributed by atoms with E-state index >= 15 is 0 Å². The van der Waals surface area contributed by atoms with Crippen LogP contribution in [0.1, 0.15) is 61.2 Å². The number of carbonyl (C=O) groups is 2. The van der Waals surface area contributed by atoms with E-state index in [1.165, 1.54) is 11.3 Å². The highest BCUT2D eigenvalue weighted by Gasteiger charge is 2.31. The van der Waals surface area contributed by atoms with Crippen molar-refractivity contribution < 1.29 is 22.7 Å². The molecule has 1 saturated heterocycles. The van der Waals surface area contributed by atoms with Crippen LogP contribution >= 0.6 is 11.3 Å². The molecule has 0 aromatic carbocycles. The van der Waals surface area contributed by atoms with Crippen molar-refractivity contribution in [1.82, 2.24) is 4.57 Å². The van der Waals surface area contributed by atoms with E-state index in [0.717, 1.165) is 28.2 Å². The molecule has 0 radical (unpaired) electrons. The fraction of sp³-hybridized carbons (Fsp3) is 0.500. The predicted molar refractivity (Wildman–Crippen MR) is 109 cm³/mol. The van der Waals surface area contributed by atoms with Crippen molar-refractivity contribution in [3.8, 4) is 0 Å². The van der Waals surface area contributed by atoms with E-state index in [1.807, 2.05) is 38.3 Å². The van der Waals surface area contributed by atoms with Gasteiger partial charge in [0.1, 0.15) is 4.88 Å². The average Bonchev–Trinajstić information content (AvgIpc) is 3.27. The molecule has 1 aliphatic heterocycles. The van der Waals surface area contributed by atoms with Crippen molar-refractivity contribution >= 4 is 32.9 Å². The first-order valence-corrected chi connectivity index (χ1v) is 11.9. The van der Waals surface area contributed by atoms with E-state index in [9.17, 15) is 18.0 Å². The summed E-state index contributed by atoms with van der Waals surface area (Å²) in [5, 5.41) is 0. The standard InChI is InChI=1S/C20H25NO5S2/c1-5-15-9-19(27-14(15)4)20(23)26-10-18(22)17-8-12(2)21(13(17)3)16-6-7-28(24,25)11-16/h8-9,16H,5-7,10-11H2,1-4H3. The molecule has 2 aromatic rings. The molecule has 0 saturated carbocycles.